The maximum Gasteiger partial charge on any atom is 0.260 e. The van der Waals surface area contributed by atoms with Crippen LogP contribution in [0.3, 0.4) is 0 Å². The van der Waals surface area contributed by atoms with Crippen LogP contribution in [0.4, 0.5) is 4.39 Å². The SMILES string of the molecule is CNC(=O)CS(=O)(=O)C1CCN(C(=O)COc2ccc(F)cc2)CC1. The molecule has 1 fully saturated rings. The monoisotopic (exact) mass is 372 g/mol. The summed E-state index contributed by atoms with van der Waals surface area (Å²) in [7, 11) is -2.13. The number of halogens is 1. The molecule has 25 heavy (non-hydrogen) atoms. The van der Waals surface area contributed by atoms with Crippen LogP contribution in [-0.2, 0) is 19.4 Å². The lowest BCUT2D eigenvalue weighted by Gasteiger charge is -2.31. The number of benzene rings is 1. The molecular weight excluding hydrogens is 351 g/mol. The van der Waals surface area contributed by atoms with Crippen LogP contribution in [-0.4, -0.2) is 62.9 Å². The minimum Gasteiger partial charge on any atom is -0.484 e. The minimum atomic E-state index is -3.52. The highest BCUT2D eigenvalue weighted by Gasteiger charge is 2.32. The Kier molecular flexibility index (Phi) is 6.35. The van der Waals surface area contributed by atoms with Gasteiger partial charge in [0.2, 0.25) is 5.91 Å². The Bertz CT molecular complexity index is 713. The average molecular weight is 372 g/mol. The number of piperidine rings is 1. The molecule has 1 saturated heterocycles. The van der Waals surface area contributed by atoms with Crippen molar-refractivity contribution in [1.82, 2.24) is 10.2 Å². The number of ether oxygens (including phenoxy) is 1. The first-order valence-corrected chi connectivity index (χ1v) is 9.61. The highest BCUT2D eigenvalue weighted by atomic mass is 32.2. The number of rotatable bonds is 6. The molecule has 1 aliphatic rings. The molecule has 1 aliphatic heterocycles. The van der Waals surface area contributed by atoms with Crippen molar-refractivity contribution in [2.75, 3.05) is 32.5 Å². The fourth-order valence-electron chi connectivity index (χ4n) is 2.60. The Morgan fingerprint density at radius 2 is 1.84 bits per heavy atom. The second kappa shape index (κ2) is 8.28. The Hall–Kier alpha value is -2.16. The van der Waals surface area contributed by atoms with Crippen molar-refractivity contribution in [2.45, 2.75) is 18.1 Å². The summed E-state index contributed by atoms with van der Waals surface area (Å²) in [6.07, 6.45) is 0.587. The van der Waals surface area contributed by atoms with E-state index >= 15 is 0 Å². The van der Waals surface area contributed by atoms with E-state index in [-0.39, 0.29) is 12.5 Å². The number of nitrogens with one attached hydrogen (secondary N) is 1. The Labute approximate surface area is 146 Å². The first kappa shape index (κ1) is 19.2. The van der Waals surface area contributed by atoms with E-state index in [4.69, 9.17) is 4.74 Å². The largest absolute Gasteiger partial charge is 0.484 e. The molecule has 0 spiro atoms. The number of sulfone groups is 1. The van der Waals surface area contributed by atoms with Crippen LogP contribution in [0, 0.1) is 5.82 Å². The van der Waals surface area contributed by atoms with Gasteiger partial charge in [-0.3, -0.25) is 9.59 Å². The molecule has 2 rings (SSSR count). The highest BCUT2D eigenvalue weighted by molar-refractivity contribution is 7.92. The maximum absolute atomic E-state index is 12.8. The van der Waals surface area contributed by atoms with Crippen molar-refractivity contribution in [1.29, 1.82) is 0 Å². The summed E-state index contributed by atoms with van der Waals surface area (Å²) in [6, 6.07) is 5.34. The third-order valence-corrected chi connectivity index (χ3v) is 6.24. The number of likely N-dealkylation sites (tertiary alicyclic amines) is 1. The summed E-state index contributed by atoms with van der Waals surface area (Å²) < 4.78 is 42.4. The molecule has 0 bridgehead atoms. The third kappa shape index (κ3) is 5.42. The van der Waals surface area contributed by atoms with E-state index in [9.17, 15) is 22.4 Å². The standard InChI is InChI=1S/C16H21FN2O5S/c1-18-15(20)11-25(22,23)14-6-8-19(9-7-14)16(21)10-24-13-4-2-12(17)3-5-13/h2-5,14H,6-11H2,1H3,(H,18,20). The van der Waals surface area contributed by atoms with Crippen molar-refractivity contribution < 1.29 is 27.1 Å². The second-order valence-electron chi connectivity index (χ2n) is 5.80. The Balaban J connectivity index is 1.81. The van der Waals surface area contributed by atoms with Crippen molar-refractivity contribution >= 4 is 21.7 Å². The number of carbonyl (C=O) groups excluding carboxylic acids is 2. The summed E-state index contributed by atoms with van der Waals surface area (Å²) in [6.45, 7) is 0.397. The van der Waals surface area contributed by atoms with E-state index in [1.807, 2.05) is 0 Å². The van der Waals surface area contributed by atoms with Gasteiger partial charge in [-0.2, -0.15) is 0 Å². The van der Waals surface area contributed by atoms with E-state index in [1.54, 1.807) is 0 Å². The number of carbonyl (C=O) groups is 2. The lowest BCUT2D eigenvalue weighted by atomic mass is 10.1. The average Bonchev–Trinajstić information content (AvgIpc) is 2.60. The lowest BCUT2D eigenvalue weighted by molar-refractivity contribution is -0.134. The van der Waals surface area contributed by atoms with Crippen molar-refractivity contribution in [3.8, 4) is 5.75 Å². The zero-order chi connectivity index (χ0) is 18.4. The van der Waals surface area contributed by atoms with Crippen molar-refractivity contribution in [2.24, 2.45) is 0 Å². The number of amides is 2. The van der Waals surface area contributed by atoms with Crippen LogP contribution in [0.5, 0.6) is 5.75 Å². The quantitative estimate of drug-likeness (QED) is 0.778. The Morgan fingerprint density at radius 1 is 1.24 bits per heavy atom. The second-order valence-corrected chi connectivity index (χ2v) is 8.08. The van der Waals surface area contributed by atoms with Gasteiger partial charge in [-0.25, -0.2) is 12.8 Å². The normalized spacial score (nSPS) is 15.7. The molecule has 2 amide bonds. The molecule has 1 aromatic rings. The molecule has 9 heteroatoms. The molecule has 0 radical (unpaired) electrons. The van der Waals surface area contributed by atoms with Crippen LogP contribution in [0.1, 0.15) is 12.8 Å². The van der Waals surface area contributed by atoms with Crippen molar-refractivity contribution in [3.05, 3.63) is 30.1 Å². The summed E-state index contributed by atoms with van der Waals surface area (Å²) in [5.74, 6) is -1.33. The molecule has 1 heterocycles. The van der Waals surface area contributed by atoms with E-state index in [2.05, 4.69) is 5.32 Å². The van der Waals surface area contributed by atoms with Crippen LogP contribution < -0.4 is 10.1 Å². The summed E-state index contributed by atoms with van der Waals surface area (Å²) in [5.41, 5.74) is 0. The van der Waals surface area contributed by atoms with Crippen LogP contribution in [0.25, 0.3) is 0 Å². The topological polar surface area (TPSA) is 92.8 Å². The lowest BCUT2D eigenvalue weighted by Crippen LogP contribution is -2.45. The van der Waals surface area contributed by atoms with Gasteiger partial charge in [0.05, 0.1) is 5.25 Å². The van der Waals surface area contributed by atoms with Gasteiger partial charge in [-0.05, 0) is 37.1 Å². The fraction of sp³-hybridized carbons (Fsp3) is 0.500. The molecule has 1 N–H and O–H groups in total. The van der Waals surface area contributed by atoms with Gasteiger partial charge in [0.15, 0.2) is 16.4 Å². The smallest absolute Gasteiger partial charge is 0.260 e. The molecule has 0 aliphatic carbocycles. The van der Waals surface area contributed by atoms with Gasteiger partial charge in [0.25, 0.3) is 5.91 Å². The van der Waals surface area contributed by atoms with Crippen molar-refractivity contribution in [3.63, 3.8) is 0 Å². The van der Waals surface area contributed by atoms with Crippen LogP contribution in [0.15, 0.2) is 24.3 Å². The maximum atomic E-state index is 12.8. The molecule has 0 saturated carbocycles. The van der Waals surface area contributed by atoms with Gasteiger partial charge < -0.3 is 15.0 Å². The predicted octanol–water partition coefficient (Wildman–Crippen LogP) is 0.356. The van der Waals surface area contributed by atoms with Gasteiger partial charge in [0.1, 0.15) is 17.3 Å². The zero-order valence-electron chi connectivity index (χ0n) is 13.9. The summed E-state index contributed by atoms with van der Waals surface area (Å²) >= 11 is 0. The molecular formula is C16H21FN2O5S. The van der Waals surface area contributed by atoms with Crippen LogP contribution in [0.2, 0.25) is 0 Å². The summed E-state index contributed by atoms with van der Waals surface area (Å²) in [5, 5.41) is 1.68. The summed E-state index contributed by atoms with van der Waals surface area (Å²) in [4.78, 5) is 25.0. The van der Waals surface area contributed by atoms with E-state index in [0.717, 1.165) is 0 Å². The first-order chi connectivity index (χ1) is 11.8. The molecule has 7 nitrogen and oxygen atoms in total. The number of nitrogens with zero attached hydrogens (tertiary/aromatic N) is 1. The fourth-order valence-corrected chi connectivity index (χ4v) is 4.28. The molecule has 1 aromatic carbocycles. The van der Waals surface area contributed by atoms with Gasteiger partial charge in [0, 0.05) is 20.1 Å². The van der Waals surface area contributed by atoms with E-state index < -0.39 is 32.6 Å². The zero-order valence-corrected chi connectivity index (χ0v) is 14.7. The van der Waals surface area contributed by atoms with E-state index in [1.165, 1.54) is 36.2 Å². The Morgan fingerprint density at radius 3 is 2.40 bits per heavy atom. The number of hydrogen-bond acceptors (Lipinski definition) is 5. The molecule has 138 valence electrons. The van der Waals surface area contributed by atoms with Gasteiger partial charge in [-0.1, -0.05) is 0 Å². The third-order valence-electron chi connectivity index (χ3n) is 4.09. The highest BCUT2D eigenvalue weighted by Crippen LogP contribution is 2.19. The molecule has 0 aromatic heterocycles. The molecule has 0 atom stereocenters. The van der Waals surface area contributed by atoms with E-state index in [0.29, 0.717) is 31.7 Å². The van der Waals surface area contributed by atoms with Gasteiger partial charge in [-0.15, -0.1) is 0 Å². The molecule has 0 unspecified atom stereocenters. The van der Waals surface area contributed by atoms with Crippen LogP contribution >= 0.6 is 0 Å². The minimum absolute atomic E-state index is 0.193. The number of hydrogen-bond donors (Lipinski definition) is 1. The first-order valence-electron chi connectivity index (χ1n) is 7.90. The predicted molar refractivity (Wildman–Crippen MR) is 89.4 cm³/mol. The van der Waals surface area contributed by atoms with Gasteiger partial charge >= 0.3 is 0 Å².